The van der Waals surface area contributed by atoms with Crippen molar-refractivity contribution in [2.45, 2.75) is 4.90 Å². The Labute approximate surface area is 112 Å². The number of anilines is 1. The average Bonchev–Trinajstić information content (AvgIpc) is 2.62. The van der Waals surface area contributed by atoms with Crippen LogP contribution < -0.4 is 4.72 Å². The van der Waals surface area contributed by atoms with Crippen molar-refractivity contribution in [2.75, 3.05) is 4.72 Å². The molecule has 0 unspecified atom stereocenters. The molecule has 0 saturated heterocycles. The third-order valence-corrected chi connectivity index (χ3v) is 4.05. The van der Waals surface area contributed by atoms with Crippen molar-refractivity contribution in [1.82, 2.24) is 9.78 Å². The second-order valence-corrected chi connectivity index (χ2v) is 6.15. The topological polar surface area (TPSA) is 64.0 Å². The Morgan fingerprint density at radius 3 is 2.72 bits per heavy atom. The second kappa shape index (κ2) is 4.69. The van der Waals surface area contributed by atoms with E-state index in [1.807, 2.05) is 0 Å². The van der Waals surface area contributed by atoms with Gasteiger partial charge in [0.2, 0.25) is 0 Å². The van der Waals surface area contributed by atoms with Crippen LogP contribution in [0.2, 0.25) is 0 Å². The van der Waals surface area contributed by atoms with Gasteiger partial charge in [0.1, 0.15) is 10.7 Å². The number of rotatable bonds is 3. The molecule has 0 fully saturated rings. The number of nitrogens with one attached hydrogen (secondary N) is 1. The van der Waals surface area contributed by atoms with Crippen molar-refractivity contribution < 1.29 is 12.8 Å². The maximum atomic E-state index is 13.6. The van der Waals surface area contributed by atoms with Crippen LogP contribution in [0, 0.1) is 5.82 Å². The van der Waals surface area contributed by atoms with Crippen LogP contribution in [0.25, 0.3) is 0 Å². The standard InChI is InChI=1S/C10H9BrFN3O2S/c1-15-6-8(5-13-15)14-18(16,17)10-3-2-7(11)4-9(10)12/h2-6,14H,1H3. The van der Waals surface area contributed by atoms with E-state index in [4.69, 9.17) is 0 Å². The van der Waals surface area contributed by atoms with Crippen LogP contribution in [0.3, 0.4) is 0 Å². The Kier molecular flexibility index (Phi) is 3.40. The molecular weight excluding hydrogens is 325 g/mol. The smallest absolute Gasteiger partial charge is 0.264 e. The maximum Gasteiger partial charge on any atom is 0.264 e. The van der Waals surface area contributed by atoms with Gasteiger partial charge in [0.05, 0.1) is 11.9 Å². The fourth-order valence-corrected chi connectivity index (χ4v) is 2.80. The highest BCUT2D eigenvalue weighted by molar-refractivity contribution is 9.10. The van der Waals surface area contributed by atoms with Gasteiger partial charge in [0.15, 0.2) is 0 Å². The Bertz CT molecular complexity index is 684. The quantitative estimate of drug-likeness (QED) is 0.935. The van der Waals surface area contributed by atoms with Crippen LogP contribution in [0.1, 0.15) is 0 Å². The highest BCUT2D eigenvalue weighted by Crippen LogP contribution is 2.21. The SMILES string of the molecule is Cn1cc(NS(=O)(=O)c2ccc(Br)cc2F)cn1. The summed E-state index contributed by atoms with van der Waals surface area (Å²) in [7, 11) is -2.30. The van der Waals surface area contributed by atoms with E-state index >= 15 is 0 Å². The Hall–Kier alpha value is -1.41. The molecule has 0 aliphatic carbocycles. The van der Waals surface area contributed by atoms with Gasteiger partial charge in [-0.25, -0.2) is 12.8 Å². The molecule has 0 bridgehead atoms. The summed E-state index contributed by atoms with van der Waals surface area (Å²) < 4.78 is 41.6. The van der Waals surface area contributed by atoms with Crippen LogP contribution >= 0.6 is 15.9 Å². The molecule has 2 aromatic rings. The van der Waals surface area contributed by atoms with Crippen molar-refractivity contribution in [1.29, 1.82) is 0 Å². The number of sulfonamides is 1. The van der Waals surface area contributed by atoms with Gasteiger partial charge in [-0.15, -0.1) is 0 Å². The normalized spacial score (nSPS) is 11.5. The van der Waals surface area contributed by atoms with Crippen molar-refractivity contribution >= 4 is 31.6 Å². The lowest BCUT2D eigenvalue weighted by molar-refractivity contribution is 0.570. The van der Waals surface area contributed by atoms with Gasteiger partial charge >= 0.3 is 0 Å². The molecule has 0 atom stereocenters. The van der Waals surface area contributed by atoms with Crippen molar-refractivity contribution in [2.24, 2.45) is 7.05 Å². The maximum absolute atomic E-state index is 13.6. The molecule has 18 heavy (non-hydrogen) atoms. The predicted molar refractivity (Wildman–Crippen MR) is 68.1 cm³/mol. The number of aryl methyl sites for hydroxylation is 1. The molecule has 5 nitrogen and oxygen atoms in total. The highest BCUT2D eigenvalue weighted by Gasteiger charge is 2.19. The monoisotopic (exact) mass is 333 g/mol. The van der Waals surface area contributed by atoms with Crippen LogP contribution in [-0.2, 0) is 17.1 Å². The average molecular weight is 334 g/mol. The van der Waals surface area contributed by atoms with Crippen LogP contribution in [0.15, 0.2) is 40.0 Å². The summed E-state index contributed by atoms with van der Waals surface area (Å²) in [5.41, 5.74) is 0.278. The minimum atomic E-state index is -3.95. The van der Waals surface area contributed by atoms with E-state index in [0.717, 1.165) is 6.07 Å². The molecule has 1 N–H and O–H groups in total. The van der Waals surface area contributed by atoms with Gasteiger partial charge in [0.25, 0.3) is 10.0 Å². The largest absolute Gasteiger partial charge is 0.276 e. The van der Waals surface area contributed by atoms with E-state index in [9.17, 15) is 12.8 Å². The fraction of sp³-hybridized carbons (Fsp3) is 0.100. The molecule has 0 amide bonds. The summed E-state index contributed by atoms with van der Waals surface area (Å²) in [6, 6.07) is 3.75. The first kappa shape index (κ1) is 13.0. The van der Waals surface area contributed by atoms with Crippen molar-refractivity contribution in [3.63, 3.8) is 0 Å². The highest BCUT2D eigenvalue weighted by atomic mass is 79.9. The molecule has 1 aromatic heterocycles. The molecule has 96 valence electrons. The molecule has 0 spiro atoms. The van der Waals surface area contributed by atoms with Crippen molar-refractivity contribution in [3.05, 3.63) is 40.9 Å². The summed E-state index contributed by atoms with van der Waals surface area (Å²) in [4.78, 5) is -0.408. The van der Waals surface area contributed by atoms with E-state index in [-0.39, 0.29) is 5.69 Å². The second-order valence-electron chi connectivity index (χ2n) is 3.58. The minimum absolute atomic E-state index is 0.278. The molecule has 0 aliphatic rings. The van der Waals surface area contributed by atoms with E-state index in [1.54, 1.807) is 7.05 Å². The van der Waals surface area contributed by atoms with E-state index < -0.39 is 20.7 Å². The van der Waals surface area contributed by atoms with Gasteiger partial charge in [0, 0.05) is 17.7 Å². The number of nitrogens with zero attached hydrogens (tertiary/aromatic N) is 2. The van der Waals surface area contributed by atoms with E-state index in [0.29, 0.717) is 4.47 Å². The van der Waals surface area contributed by atoms with Crippen molar-refractivity contribution in [3.8, 4) is 0 Å². The molecule has 0 radical (unpaired) electrons. The Morgan fingerprint density at radius 1 is 1.44 bits per heavy atom. The molecule has 0 saturated carbocycles. The van der Waals surface area contributed by atoms with E-state index in [1.165, 1.54) is 29.2 Å². The lowest BCUT2D eigenvalue weighted by Gasteiger charge is -2.06. The molecule has 1 heterocycles. The first-order chi connectivity index (χ1) is 8.38. The number of hydrogen-bond donors (Lipinski definition) is 1. The molecular formula is C10H9BrFN3O2S. The lowest BCUT2D eigenvalue weighted by atomic mass is 10.3. The van der Waals surface area contributed by atoms with Gasteiger partial charge in [-0.2, -0.15) is 5.10 Å². The molecule has 8 heteroatoms. The molecule has 1 aromatic carbocycles. The molecule has 0 aliphatic heterocycles. The van der Waals surface area contributed by atoms with Gasteiger partial charge in [-0.1, -0.05) is 15.9 Å². The number of hydrogen-bond acceptors (Lipinski definition) is 3. The first-order valence-corrected chi connectivity index (χ1v) is 7.12. The number of benzene rings is 1. The summed E-state index contributed by atoms with van der Waals surface area (Å²) in [5.74, 6) is -0.819. The summed E-state index contributed by atoms with van der Waals surface area (Å²) in [6.07, 6.45) is 2.82. The zero-order chi connectivity index (χ0) is 13.3. The van der Waals surface area contributed by atoms with Crippen LogP contribution in [0.4, 0.5) is 10.1 Å². The Balaban J connectivity index is 2.36. The third kappa shape index (κ3) is 2.70. The summed E-state index contributed by atoms with van der Waals surface area (Å²) >= 11 is 3.06. The predicted octanol–water partition coefficient (Wildman–Crippen LogP) is 2.12. The molecule has 2 rings (SSSR count). The number of halogens is 2. The minimum Gasteiger partial charge on any atom is -0.276 e. The summed E-state index contributed by atoms with van der Waals surface area (Å²) in [6.45, 7) is 0. The van der Waals surface area contributed by atoms with Crippen LogP contribution in [-0.4, -0.2) is 18.2 Å². The lowest BCUT2D eigenvalue weighted by Crippen LogP contribution is -2.14. The third-order valence-electron chi connectivity index (χ3n) is 2.14. The Morgan fingerprint density at radius 2 is 2.17 bits per heavy atom. The summed E-state index contributed by atoms with van der Waals surface area (Å²) in [5, 5.41) is 3.82. The van der Waals surface area contributed by atoms with Gasteiger partial charge in [-0.05, 0) is 18.2 Å². The fourth-order valence-electron chi connectivity index (χ4n) is 1.38. The first-order valence-electron chi connectivity index (χ1n) is 4.85. The van der Waals surface area contributed by atoms with Gasteiger partial charge < -0.3 is 0 Å². The van der Waals surface area contributed by atoms with Crippen LogP contribution in [0.5, 0.6) is 0 Å². The van der Waals surface area contributed by atoms with E-state index in [2.05, 4.69) is 25.8 Å². The zero-order valence-corrected chi connectivity index (χ0v) is 11.7. The number of aromatic nitrogens is 2. The zero-order valence-electron chi connectivity index (χ0n) is 9.26. The van der Waals surface area contributed by atoms with Gasteiger partial charge in [-0.3, -0.25) is 9.40 Å².